The Morgan fingerprint density at radius 1 is 1.38 bits per heavy atom. The summed E-state index contributed by atoms with van der Waals surface area (Å²) in [7, 11) is 0. The van der Waals surface area contributed by atoms with Gasteiger partial charge in [0.25, 0.3) is 0 Å². The maximum absolute atomic E-state index is 9.05. The molecule has 0 spiro atoms. The van der Waals surface area contributed by atoms with Gasteiger partial charge in [0.15, 0.2) is 0 Å². The molecule has 0 saturated heterocycles. The van der Waals surface area contributed by atoms with Crippen LogP contribution in [0, 0.1) is 17.2 Å². The molecule has 1 aromatic heterocycles. The van der Waals surface area contributed by atoms with E-state index in [0.717, 1.165) is 18.7 Å². The lowest BCUT2D eigenvalue weighted by atomic mass is 10.1. The number of hydrogen-bond acceptors (Lipinski definition) is 2. The highest BCUT2D eigenvalue weighted by Crippen LogP contribution is 2.25. The van der Waals surface area contributed by atoms with E-state index in [2.05, 4.69) is 25.0 Å². The van der Waals surface area contributed by atoms with Crippen molar-refractivity contribution in [2.24, 2.45) is 5.92 Å². The summed E-state index contributed by atoms with van der Waals surface area (Å²) in [6, 6.07) is 2.14. The molecule has 4 heteroatoms. The summed E-state index contributed by atoms with van der Waals surface area (Å²) >= 11 is 6.14. The molecule has 0 aliphatic heterocycles. The Morgan fingerprint density at radius 3 is 2.38 bits per heavy atom. The van der Waals surface area contributed by atoms with Crippen molar-refractivity contribution in [1.82, 2.24) is 9.78 Å². The van der Waals surface area contributed by atoms with E-state index in [1.165, 1.54) is 0 Å². The third-order valence-electron chi connectivity index (χ3n) is 2.49. The summed E-state index contributed by atoms with van der Waals surface area (Å²) in [5, 5.41) is 13.9. The summed E-state index contributed by atoms with van der Waals surface area (Å²) < 4.78 is 1.75. The van der Waals surface area contributed by atoms with Crippen molar-refractivity contribution in [3.05, 3.63) is 16.4 Å². The molecule has 1 aromatic rings. The molecule has 0 atom stereocenters. The number of aromatic nitrogens is 2. The molecule has 0 amide bonds. The van der Waals surface area contributed by atoms with Crippen molar-refractivity contribution in [2.75, 3.05) is 0 Å². The predicted octanol–water partition coefficient (Wildman–Crippen LogP) is 3.58. The van der Waals surface area contributed by atoms with Crippen LogP contribution in [0.3, 0.4) is 0 Å². The van der Waals surface area contributed by atoms with Crippen LogP contribution in [0.15, 0.2) is 0 Å². The number of halogens is 1. The van der Waals surface area contributed by atoms with Gasteiger partial charge in [0.05, 0.1) is 5.69 Å². The molecule has 0 aliphatic rings. The van der Waals surface area contributed by atoms with Crippen molar-refractivity contribution >= 4 is 11.6 Å². The normalized spacial score (nSPS) is 11.1. The summed E-state index contributed by atoms with van der Waals surface area (Å²) in [6.45, 7) is 9.13. The van der Waals surface area contributed by atoms with Crippen molar-refractivity contribution in [3.8, 4) is 6.07 Å². The molecule has 1 heterocycles. The molecule has 88 valence electrons. The van der Waals surface area contributed by atoms with Crippen LogP contribution < -0.4 is 0 Å². The number of nitriles is 1. The molecular weight excluding hydrogens is 222 g/mol. The fourth-order valence-corrected chi connectivity index (χ4v) is 1.76. The Bertz CT molecular complexity index is 399. The van der Waals surface area contributed by atoms with Gasteiger partial charge in [-0.1, -0.05) is 39.3 Å². The standard InChI is InChI=1S/C12H18ClN3/c1-8(2)5-6-16-12(13)10(7-14)11(15-16)9(3)4/h8-9H,5-6H2,1-4H3. The van der Waals surface area contributed by atoms with Gasteiger partial charge in [-0.05, 0) is 18.3 Å². The van der Waals surface area contributed by atoms with E-state index in [9.17, 15) is 0 Å². The van der Waals surface area contributed by atoms with Gasteiger partial charge in [0.1, 0.15) is 16.8 Å². The van der Waals surface area contributed by atoms with Gasteiger partial charge in [0.2, 0.25) is 0 Å². The minimum absolute atomic E-state index is 0.229. The summed E-state index contributed by atoms with van der Waals surface area (Å²) in [4.78, 5) is 0. The molecular formula is C12H18ClN3. The van der Waals surface area contributed by atoms with Crippen LogP contribution >= 0.6 is 11.6 Å². The average molecular weight is 240 g/mol. The fraction of sp³-hybridized carbons (Fsp3) is 0.667. The number of hydrogen-bond donors (Lipinski definition) is 0. The number of aryl methyl sites for hydroxylation is 1. The van der Waals surface area contributed by atoms with Crippen LogP contribution in [-0.4, -0.2) is 9.78 Å². The molecule has 0 saturated carbocycles. The van der Waals surface area contributed by atoms with Gasteiger partial charge in [-0.15, -0.1) is 0 Å². The van der Waals surface area contributed by atoms with Crippen LogP contribution in [0.25, 0.3) is 0 Å². The molecule has 0 radical (unpaired) electrons. The second kappa shape index (κ2) is 5.36. The largest absolute Gasteiger partial charge is 0.252 e. The Balaban J connectivity index is 3.00. The van der Waals surface area contributed by atoms with E-state index in [1.54, 1.807) is 4.68 Å². The molecule has 0 fully saturated rings. The molecule has 0 N–H and O–H groups in total. The SMILES string of the molecule is CC(C)CCn1nc(C(C)C)c(C#N)c1Cl. The van der Waals surface area contributed by atoms with E-state index in [1.807, 2.05) is 13.8 Å². The molecule has 16 heavy (non-hydrogen) atoms. The van der Waals surface area contributed by atoms with Crippen molar-refractivity contribution < 1.29 is 0 Å². The maximum atomic E-state index is 9.05. The first-order valence-electron chi connectivity index (χ1n) is 5.63. The van der Waals surface area contributed by atoms with E-state index < -0.39 is 0 Å². The lowest BCUT2D eigenvalue weighted by Gasteiger charge is -2.05. The molecule has 0 aliphatic carbocycles. The smallest absolute Gasteiger partial charge is 0.145 e. The third-order valence-corrected chi connectivity index (χ3v) is 2.88. The highest BCUT2D eigenvalue weighted by atomic mass is 35.5. The third kappa shape index (κ3) is 2.76. The monoisotopic (exact) mass is 239 g/mol. The summed E-state index contributed by atoms with van der Waals surface area (Å²) in [5.74, 6) is 0.834. The zero-order valence-corrected chi connectivity index (χ0v) is 11.0. The Morgan fingerprint density at radius 2 is 2.00 bits per heavy atom. The maximum Gasteiger partial charge on any atom is 0.145 e. The summed E-state index contributed by atoms with van der Waals surface area (Å²) in [6.07, 6.45) is 1.02. The van der Waals surface area contributed by atoms with Crippen LogP contribution in [0.2, 0.25) is 5.15 Å². The molecule has 3 nitrogen and oxygen atoms in total. The fourth-order valence-electron chi connectivity index (χ4n) is 1.49. The van der Waals surface area contributed by atoms with Crippen molar-refractivity contribution in [2.45, 2.75) is 46.6 Å². The predicted molar refractivity (Wildman–Crippen MR) is 65.5 cm³/mol. The topological polar surface area (TPSA) is 41.6 Å². The molecule has 0 aromatic carbocycles. The van der Waals surface area contributed by atoms with Crippen LogP contribution in [0.5, 0.6) is 0 Å². The first kappa shape index (κ1) is 13.1. The highest BCUT2D eigenvalue weighted by molar-refractivity contribution is 6.30. The molecule has 1 rings (SSSR count). The van der Waals surface area contributed by atoms with Gasteiger partial charge in [-0.3, -0.25) is 4.68 Å². The Kier molecular flexibility index (Phi) is 4.37. The Labute approximate surface area is 102 Å². The quantitative estimate of drug-likeness (QED) is 0.806. The molecule has 0 bridgehead atoms. The van der Waals surface area contributed by atoms with E-state index >= 15 is 0 Å². The van der Waals surface area contributed by atoms with E-state index in [4.69, 9.17) is 16.9 Å². The van der Waals surface area contributed by atoms with Gasteiger partial charge < -0.3 is 0 Å². The lowest BCUT2D eigenvalue weighted by Crippen LogP contribution is -2.04. The van der Waals surface area contributed by atoms with Gasteiger partial charge in [-0.2, -0.15) is 10.4 Å². The number of rotatable bonds is 4. The summed E-state index contributed by atoms with van der Waals surface area (Å²) in [5.41, 5.74) is 1.33. The van der Waals surface area contributed by atoms with Crippen LogP contribution in [0.4, 0.5) is 0 Å². The van der Waals surface area contributed by atoms with E-state index in [0.29, 0.717) is 16.6 Å². The van der Waals surface area contributed by atoms with Crippen molar-refractivity contribution in [3.63, 3.8) is 0 Å². The number of nitrogens with zero attached hydrogens (tertiary/aromatic N) is 3. The van der Waals surface area contributed by atoms with E-state index in [-0.39, 0.29) is 5.92 Å². The zero-order valence-electron chi connectivity index (χ0n) is 10.3. The van der Waals surface area contributed by atoms with Crippen LogP contribution in [0.1, 0.15) is 51.3 Å². The highest BCUT2D eigenvalue weighted by Gasteiger charge is 2.18. The van der Waals surface area contributed by atoms with Gasteiger partial charge in [0, 0.05) is 6.54 Å². The first-order chi connectivity index (χ1) is 7.47. The second-order valence-corrected chi connectivity index (χ2v) is 5.08. The minimum atomic E-state index is 0.229. The zero-order chi connectivity index (χ0) is 12.3. The van der Waals surface area contributed by atoms with Crippen LogP contribution in [-0.2, 0) is 6.54 Å². The molecule has 0 unspecified atom stereocenters. The van der Waals surface area contributed by atoms with Gasteiger partial charge in [-0.25, -0.2) is 0 Å². The lowest BCUT2D eigenvalue weighted by molar-refractivity contribution is 0.483. The van der Waals surface area contributed by atoms with Gasteiger partial charge >= 0.3 is 0 Å². The van der Waals surface area contributed by atoms with Crippen molar-refractivity contribution in [1.29, 1.82) is 5.26 Å². The first-order valence-corrected chi connectivity index (χ1v) is 6.01. The Hall–Kier alpha value is -1.01. The second-order valence-electron chi connectivity index (χ2n) is 4.72. The minimum Gasteiger partial charge on any atom is -0.252 e. The average Bonchev–Trinajstić information content (AvgIpc) is 2.52.